The molecule has 0 N–H and O–H groups in total. The van der Waals surface area contributed by atoms with Gasteiger partial charge in [-0.2, -0.15) is 10.2 Å². The van der Waals surface area contributed by atoms with Gasteiger partial charge in [0.05, 0.1) is 22.8 Å². The second-order valence-corrected chi connectivity index (χ2v) is 4.35. The van der Waals surface area contributed by atoms with Crippen LogP contribution in [0, 0.1) is 13.8 Å². The molecular formula is C14H16N6. The molecule has 2 aromatic rings. The molecule has 102 valence electrons. The van der Waals surface area contributed by atoms with Crippen LogP contribution in [-0.4, -0.2) is 31.4 Å². The SMILES string of the molecule is C/C(=N\N=C(/C)c1nccnc1C)c1nccnc1C. The molecule has 20 heavy (non-hydrogen) atoms. The van der Waals surface area contributed by atoms with Gasteiger partial charge in [-0.1, -0.05) is 0 Å². The van der Waals surface area contributed by atoms with Crippen molar-refractivity contribution in [3.05, 3.63) is 47.6 Å². The molecule has 0 unspecified atom stereocenters. The summed E-state index contributed by atoms with van der Waals surface area (Å²) < 4.78 is 0. The summed E-state index contributed by atoms with van der Waals surface area (Å²) in [4.78, 5) is 16.9. The number of aryl methyl sites for hydroxylation is 2. The van der Waals surface area contributed by atoms with Crippen molar-refractivity contribution in [3.8, 4) is 0 Å². The molecule has 2 aromatic heterocycles. The van der Waals surface area contributed by atoms with E-state index in [-0.39, 0.29) is 0 Å². The lowest BCUT2D eigenvalue weighted by atomic mass is 10.2. The Balaban J connectivity index is 2.30. The molecule has 0 saturated carbocycles. The van der Waals surface area contributed by atoms with Gasteiger partial charge in [0.2, 0.25) is 0 Å². The van der Waals surface area contributed by atoms with E-state index in [4.69, 9.17) is 0 Å². The highest BCUT2D eigenvalue weighted by Gasteiger charge is 2.06. The zero-order valence-corrected chi connectivity index (χ0v) is 12.0. The summed E-state index contributed by atoms with van der Waals surface area (Å²) in [5.74, 6) is 0. The minimum Gasteiger partial charge on any atom is -0.258 e. The molecule has 6 heteroatoms. The molecule has 0 aliphatic carbocycles. The Morgan fingerprint density at radius 1 is 0.700 bits per heavy atom. The van der Waals surface area contributed by atoms with Gasteiger partial charge in [-0.15, -0.1) is 0 Å². The van der Waals surface area contributed by atoms with Gasteiger partial charge in [0, 0.05) is 24.8 Å². The Labute approximate surface area is 117 Å². The Morgan fingerprint density at radius 3 is 1.40 bits per heavy atom. The van der Waals surface area contributed by atoms with E-state index in [1.54, 1.807) is 24.8 Å². The molecular weight excluding hydrogens is 252 g/mol. The van der Waals surface area contributed by atoms with Crippen molar-refractivity contribution in [3.63, 3.8) is 0 Å². The van der Waals surface area contributed by atoms with Crippen LogP contribution in [-0.2, 0) is 0 Å². The summed E-state index contributed by atoms with van der Waals surface area (Å²) in [7, 11) is 0. The summed E-state index contributed by atoms with van der Waals surface area (Å²) in [6.07, 6.45) is 6.60. The largest absolute Gasteiger partial charge is 0.258 e. The summed E-state index contributed by atoms with van der Waals surface area (Å²) >= 11 is 0. The van der Waals surface area contributed by atoms with Crippen LogP contribution in [0.4, 0.5) is 0 Å². The molecule has 0 amide bonds. The van der Waals surface area contributed by atoms with Crippen LogP contribution < -0.4 is 0 Å². The fourth-order valence-electron chi connectivity index (χ4n) is 1.77. The Hall–Kier alpha value is -2.50. The summed E-state index contributed by atoms with van der Waals surface area (Å²) in [5.41, 5.74) is 4.60. The first-order chi connectivity index (χ1) is 9.59. The van der Waals surface area contributed by atoms with E-state index in [0.717, 1.165) is 34.2 Å². The molecule has 0 bridgehead atoms. The quantitative estimate of drug-likeness (QED) is 0.631. The maximum absolute atomic E-state index is 4.26. The van der Waals surface area contributed by atoms with Gasteiger partial charge < -0.3 is 0 Å². The first kappa shape index (κ1) is 13.9. The topological polar surface area (TPSA) is 76.3 Å². The van der Waals surface area contributed by atoms with Crippen LogP contribution >= 0.6 is 0 Å². The van der Waals surface area contributed by atoms with E-state index in [1.807, 2.05) is 27.7 Å². The Morgan fingerprint density at radius 2 is 1.05 bits per heavy atom. The van der Waals surface area contributed by atoms with Crippen molar-refractivity contribution in [1.82, 2.24) is 19.9 Å². The van der Waals surface area contributed by atoms with Gasteiger partial charge in [-0.05, 0) is 27.7 Å². The molecule has 0 atom stereocenters. The molecule has 0 aliphatic rings. The molecule has 2 heterocycles. The minimum absolute atomic E-state index is 0.719. The molecule has 0 radical (unpaired) electrons. The van der Waals surface area contributed by atoms with Crippen LogP contribution in [0.2, 0.25) is 0 Å². The molecule has 0 spiro atoms. The third kappa shape index (κ3) is 3.09. The van der Waals surface area contributed by atoms with Crippen molar-refractivity contribution in [1.29, 1.82) is 0 Å². The summed E-state index contributed by atoms with van der Waals surface area (Å²) in [6, 6.07) is 0. The monoisotopic (exact) mass is 268 g/mol. The third-order valence-corrected chi connectivity index (χ3v) is 2.80. The van der Waals surface area contributed by atoms with Crippen LogP contribution in [0.5, 0.6) is 0 Å². The van der Waals surface area contributed by atoms with Gasteiger partial charge in [-0.3, -0.25) is 19.9 Å². The highest BCUT2D eigenvalue weighted by atomic mass is 15.2. The predicted molar refractivity (Wildman–Crippen MR) is 78.0 cm³/mol. The van der Waals surface area contributed by atoms with Crippen molar-refractivity contribution < 1.29 is 0 Å². The fraction of sp³-hybridized carbons (Fsp3) is 0.286. The molecule has 0 aromatic carbocycles. The van der Waals surface area contributed by atoms with Crippen LogP contribution in [0.1, 0.15) is 36.6 Å². The zero-order valence-electron chi connectivity index (χ0n) is 12.0. The predicted octanol–water partition coefficient (Wildman–Crippen LogP) is 2.12. The van der Waals surface area contributed by atoms with Crippen molar-refractivity contribution in [2.75, 3.05) is 0 Å². The van der Waals surface area contributed by atoms with Crippen LogP contribution in [0.15, 0.2) is 35.0 Å². The maximum atomic E-state index is 4.26. The van der Waals surface area contributed by atoms with Gasteiger partial charge in [-0.25, -0.2) is 0 Å². The number of aromatic nitrogens is 4. The third-order valence-electron chi connectivity index (χ3n) is 2.80. The van der Waals surface area contributed by atoms with Crippen molar-refractivity contribution in [2.45, 2.75) is 27.7 Å². The molecule has 0 aliphatic heterocycles. The van der Waals surface area contributed by atoms with Gasteiger partial charge >= 0.3 is 0 Å². The minimum atomic E-state index is 0.719. The normalized spacial score (nSPS) is 12.6. The Bertz CT molecular complexity index is 615. The van der Waals surface area contributed by atoms with E-state index >= 15 is 0 Å². The first-order valence-electron chi connectivity index (χ1n) is 6.24. The molecule has 0 saturated heterocycles. The van der Waals surface area contributed by atoms with Crippen molar-refractivity contribution in [2.24, 2.45) is 10.2 Å². The van der Waals surface area contributed by atoms with Crippen molar-refractivity contribution >= 4 is 11.4 Å². The highest BCUT2D eigenvalue weighted by molar-refractivity contribution is 6.00. The van der Waals surface area contributed by atoms with Gasteiger partial charge in [0.15, 0.2) is 0 Å². The van der Waals surface area contributed by atoms with Gasteiger partial charge in [0.1, 0.15) is 11.4 Å². The molecule has 6 nitrogen and oxygen atoms in total. The number of hydrogen-bond acceptors (Lipinski definition) is 6. The lowest BCUT2D eigenvalue weighted by Gasteiger charge is -2.02. The second kappa shape index (κ2) is 6.10. The first-order valence-corrected chi connectivity index (χ1v) is 6.24. The van der Waals surface area contributed by atoms with Crippen LogP contribution in [0.3, 0.4) is 0 Å². The summed E-state index contributed by atoms with van der Waals surface area (Å²) in [5, 5.41) is 8.41. The smallest absolute Gasteiger partial charge is 0.107 e. The Kier molecular flexibility index (Phi) is 4.24. The maximum Gasteiger partial charge on any atom is 0.107 e. The van der Waals surface area contributed by atoms with E-state index in [0.29, 0.717) is 0 Å². The van der Waals surface area contributed by atoms with E-state index in [9.17, 15) is 0 Å². The second-order valence-electron chi connectivity index (χ2n) is 4.35. The van der Waals surface area contributed by atoms with Gasteiger partial charge in [0.25, 0.3) is 0 Å². The number of nitrogens with zero attached hydrogens (tertiary/aromatic N) is 6. The molecule has 2 rings (SSSR count). The van der Waals surface area contributed by atoms with E-state index < -0.39 is 0 Å². The average Bonchev–Trinajstić information content (AvgIpc) is 2.45. The lowest BCUT2D eigenvalue weighted by molar-refractivity contribution is 1.07. The standard InChI is InChI=1S/C14H16N6/c1-9-13(17-7-5-15-9)11(3)19-20-12(4)14-10(2)16-6-8-18-14/h5-8H,1-4H3/b19-11+,20-12+. The number of hydrogen-bond donors (Lipinski definition) is 0. The van der Waals surface area contributed by atoms with Crippen LogP contribution in [0.25, 0.3) is 0 Å². The highest BCUT2D eigenvalue weighted by Crippen LogP contribution is 2.05. The number of rotatable bonds is 3. The van der Waals surface area contributed by atoms with E-state index in [1.165, 1.54) is 0 Å². The lowest BCUT2D eigenvalue weighted by Crippen LogP contribution is -2.05. The fourth-order valence-corrected chi connectivity index (χ4v) is 1.77. The summed E-state index contributed by atoms with van der Waals surface area (Å²) in [6.45, 7) is 7.50. The molecule has 0 fully saturated rings. The zero-order chi connectivity index (χ0) is 14.5. The average molecular weight is 268 g/mol. The van der Waals surface area contributed by atoms with E-state index in [2.05, 4.69) is 30.1 Å².